The van der Waals surface area contributed by atoms with Crippen LogP contribution in [-0.2, 0) is 14.6 Å². The summed E-state index contributed by atoms with van der Waals surface area (Å²) in [6.07, 6.45) is 4.56. The molecule has 132 valence electrons. The number of amides is 1. The molecule has 1 aromatic heterocycles. The topological polar surface area (TPSA) is 76.8 Å². The van der Waals surface area contributed by atoms with Gasteiger partial charge in [-0.15, -0.1) is 0 Å². The number of hydrogen-bond donors (Lipinski definition) is 0. The summed E-state index contributed by atoms with van der Waals surface area (Å²) in [6, 6.07) is 1.74. The lowest BCUT2D eigenvalue weighted by atomic mass is 9.83. The van der Waals surface area contributed by atoms with E-state index in [1.165, 1.54) is 19.1 Å². The van der Waals surface area contributed by atoms with Crippen LogP contribution < -0.4 is 0 Å². The van der Waals surface area contributed by atoms with Crippen molar-refractivity contribution in [2.45, 2.75) is 30.9 Å². The van der Waals surface area contributed by atoms with Crippen molar-refractivity contribution in [2.24, 2.45) is 11.8 Å². The zero-order valence-electron chi connectivity index (χ0n) is 13.9. The number of aryl methyl sites for hydroxylation is 1. The number of furan rings is 1. The van der Waals surface area contributed by atoms with Gasteiger partial charge in [0.05, 0.1) is 18.6 Å². The van der Waals surface area contributed by atoms with Gasteiger partial charge in [0, 0.05) is 31.2 Å². The Kier molecular flexibility index (Phi) is 3.76. The van der Waals surface area contributed by atoms with Gasteiger partial charge in [0.25, 0.3) is 5.91 Å². The van der Waals surface area contributed by atoms with Gasteiger partial charge in [0.15, 0.2) is 15.6 Å². The molecule has 3 fully saturated rings. The van der Waals surface area contributed by atoms with E-state index in [4.69, 9.17) is 9.15 Å². The number of hydrogen-bond acceptors (Lipinski definition) is 5. The summed E-state index contributed by atoms with van der Waals surface area (Å²) >= 11 is 0. The highest BCUT2D eigenvalue weighted by Crippen LogP contribution is 2.45. The minimum atomic E-state index is -3.18. The van der Waals surface area contributed by atoms with E-state index in [9.17, 15) is 13.2 Å². The second kappa shape index (κ2) is 5.59. The number of ether oxygens (including phenoxy) is 1. The largest absolute Gasteiger partial charge is 0.459 e. The maximum Gasteiger partial charge on any atom is 0.289 e. The molecule has 6 nitrogen and oxygen atoms in total. The number of rotatable bonds is 5. The van der Waals surface area contributed by atoms with Gasteiger partial charge in [0.2, 0.25) is 0 Å². The maximum absolute atomic E-state index is 12.6. The van der Waals surface area contributed by atoms with E-state index in [1.54, 1.807) is 11.0 Å². The molecular formula is C17H23NO5S. The highest BCUT2D eigenvalue weighted by molar-refractivity contribution is 7.93. The van der Waals surface area contributed by atoms with E-state index in [2.05, 4.69) is 0 Å². The van der Waals surface area contributed by atoms with Gasteiger partial charge >= 0.3 is 0 Å². The third kappa shape index (κ3) is 2.49. The van der Waals surface area contributed by atoms with Crippen molar-refractivity contribution in [1.29, 1.82) is 0 Å². The fourth-order valence-corrected chi connectivity index (χ4v) is 6.25. The molecule has 24 heavy (non-hydrogen) atoms. The van der Waals surface area contributed by atoms with Crippen LogP contribution in [0.15, 0.2) is 16.7 Å². The molecule has 1 spiro atoms. The molecule has 1 aromatic rings. The molecule has 0 aromatic carbocycles. The molecule has 4 rings (SSSR count). The molecule has 1 aliphatic carbocycles. The summed E-state index contributed by atoms with van der Waals surface area (Å²) in [6.45, 7) is 3.54. The van der Waals surface area contributed by atoms with Gasteiger partial charge in [-0.1, -0.05) is 0 Å². The number of sulfone groups is 1. The summed E-state index contributed by atoms with van der Waals surface area (Å²) in [4.78, 5) is 14.1. The molecule has 3 aliphatic rings. The Morgan fingerprint density at radius 2 is 2.08 bits per heavy atom. The lowest BCUT2D eigenvalue weighted by molar-refractivity contribution is 0.0210. The quantitative estimate of drug-likeness (QED) is 0.804. The Morgan fingerprint density at radius 3 is 2.71 bits per heavy atom. The van der Waals surface area contributed by atoms with E-state index in [-0.39, 0.29) is 30.7 Å². The van der Waals surface area contributed by atoms with Crippen LogP contribution in [0.3, 0.4) is 0 Å². The van der Waals surface area contributed by atoms with Crippen LogP contribution >= 0.6 is 0 Å². The third-order valence-corrected chi connectivity index (χ3v) is 8.33. The van der Waals surface area contributed by atoms with Crippen molar-refractivity contribution in [3.05, 3.63) is 23.7 Å². The predicted octanol–water partition coefficient (Wildman–Crippen LogP) is 1.64. The van der Waals surface area contributed by atoms with Crippen LogP contribution in [0.2, 0.25) is 0 Å². The monoisotopic (exact) mass is 353 g/mol. The van der Waals surface area contributed by atoms with Crippen LogP contribution in [0, 0.1) is 18.8 Å². The molecule has 7 heteroatoms. The average Bonchev–Trinajstić information content (AvgIpc) is 3.14. The SMILES string of the molecule is Cc1ccoc1C(=O)N1CC2(C1)C(COCC1CC1)CCS2(=O)=O. The fourth-order valence-electron chi connectivity index (χ4n) is 3.85. The van der Waals surface area contributed by atoms with Gasteiger partial charge in [-0.25, -0.2) is 8.42 Å². The second-order valence-corrected chi connectivity index (χ2v) is 9.89. The molecule has 1 saturated carbocycles. The van der Waals surface area contributed by atoms with E-state index < -0.39 is 14.6 Å². The summed E-state index contributed by atoms with van der Waals surface area (Å²) in [7, 11) is -3.18. The van der Waals surface area contributed by atoms with Gasteiger partial charge in [-0.05, 0) is 38.2 Å². The minimum Gasteiger partial charge on any atom is -0.459 e. The standard InChI is InChI=1S/C17H23NO5S/c1-12-4-6-23-15(12)16(19)18-10-17(11-18)14(5-7-24(17,20)21)9-22-8-13-2-3-13/h4,6,13-14H,2-3,5,7-11H2,1H3. The van der Waals surface area contributed by atoms with E-state index in [0.717, 1.165) is 12.2 Å². The molecular weight excluding hydrogens is 330 g/mol. The van der Waals surface area contributed by atoms with Crippen molar-refractivity contribution in [3.8, 4) is 0 Å². The highest BCUT2D eigenvalue weighted by Gasteiger charge is 2.62. The lowest BCUT2D eigenvalue weighted by Crippen LogP contribution is -2.68. The Hall–Kier alpha value is -1.34. The molecule has 1 atom stereocenters. The Morgan fingerprint density at radius 1 is 1.33 bits per heavy atom. The first-order valence-electron chi connectivity index (χ1n) is 8.56. The van der Waals surface area contributed by atoms with Crippen LogP contribution in [-0.4, -0.2) is 56.0 Å². The van der Waals surface area contributed by atoms with Crippen LogP contribution in [0.25, 0.3) is 0 Å². The van der Waals surface area contributed by atoms with Crippen LogP contribution in [0.1, 0.15) is 35.4 Å². The van der Waals surface area contributed by atoms with Gasteiger partial charge in [0.1, 0.15) is 4.75 Å². The number of carbonyl (C=O) groups excluding carboxylic acids is 1. The smallest absolute Gasteiger partial charge is 0.289 e. The lowest BCUT2D eigenvalue weighted by Gasteiger charge is -2.49. The fraction of sp³-hybridized carbons (Fsp3) is 0.706. The van der Waals surface area contributed by atoms with Crippen LogP contribution in [0.5, 0.6) is 0 Å². The maximum atomic E-state index is 12.6. The Bertz CT molecular complexity index is 743. The first kappa shape index (κ1) is 16.1. The summed E-state index contributed by atoms with van der Waals surface area (Å²) < 4.78 is 35.4. The molecule has 1 unspecified atom stereocenters. The molecule has 0 bridgehead atoms. The van der Waals surface area contributed by atoms with Gasteiger partial charge in [-0.2, -0.15) is 0 Å². The molecule has 3 heterocycles. The third-order valence-electron chi connectivity index (χ3n) is 5.73. The molecule has 2 saturated heterocycles. The minimum absolute atomic E-state index is 0.0111. The zero-order valence-corrected chi connectivity index (χ0v) is 14.7. The van der Waals surface area contributed by atoms with E-state index in [0.29, 0.717) is 24.7 Å². The summed E-state index contributed by atoms with van der Waals surface area (Å²) in [5.41, 5.74) is 0.777. The molecule has 1 amide bonds. The summed E-state index contributed by atoms with van der Waals surface area (Å²) in [5, 5.41) is 0. The molecule has 0 N–H and O–H groups in total. The number of likely N-dealkylation sites (tertiary alicyclic amines) is 1. The molecule has 2 aliphatic heterocycles. The predicted molar refractivity (Wildman–Crippen MR) is 87.5 cm³/mol. The number of nitrogens with zero attached hydrogens (tertiary/aromatic N) is 1. The normalized spacial score (nSPS) is 27.4. The Balaban J connectivity index is 1.44. The first-order chi connectivity index (χ1) is 11.4. The summed E-state index contributed by atoms with van der Waals surface area (Å²) in [5.74, 6) is 0.944. The zero-order chi connectivity index (χ0) is 16.9. The van der Waals surface area contributed by atoms with Gasteiger partial charge in [-0.3, -0.25) is 4.79 Å². The van der Waals surface area contributed by atoms with E-state index in [1.807, 2.05) is 6.92 Å². The van der Waals surface area contributed by atoms with Crippen LogP contribution in [0.4, 0.5) is 0 Å². The van der Waals surface area contributed by atoms with Crippen molar-refractivity contribution in [2.75, 3.05) is 32.1 Å². The van der Waals surface area contributed by atoms with Crippen molar-refractivity contribution in [1.82, 2.24) is 4.90 Å². The number of carbonyl (C=O) groups is 1. The Labute approximate surface area is 142 Å². The van der Waals surface area contributed by atoms with Gasteiger partial charge < -0.3 is 14.1 Å². The van der Waals surface area contributed by atoms with E-state index >= 15 is 0 Å². The van der Waals surface area contributed by atoms with Crippen molar-refractivity contribution in [3.63, 3.8) is 0 Å². The van der Waals surface area contributed by atoms with Crippen molar-refractivity contribution < 1.29 is 22.4 Å². The van der Waals surface area contributed by atoms with Crippen molar-refractivity contribution >= 4 is 15.7 Å². The average molecular weight is 353 g/mol. The second-order valence-electron chi connectivity index (χ2n) is 7.44. The first-order valence-corrected chi connectivity index (χ1v) is 10.2. The molecule has 0 radical (unpaired) electrons. The highest BCUT2D eigenvalue weighted by atomic mass is 32.2.